The predicted octanol–water partition coefficient (Wildman–Crippen LogP) is 3.62. The molecule has 0 bridgehead atoms. The van der Waals surface area contributed by atoms with Crippen LogP contribution < -0.4 is 10.2 Å². The number of benzene rings is 2. The third-order valence-electron chi connectivity index (χ3n) is 5.71. The van der Waals surface area contributed by atoms with Gasteiger partial charge in [0.15, 0.2) is 9.84 Å². The van der Waals surface area contributed by atoms with Crippen LogP contribution in [0.1, 0.15) is 21.6 Å². The van der Waals surface area contributed by atoms with Gasteiger partial charge in [0.2, 0.25) is 0 Å². The largest absolute Gasteiger partial charge is 0.367 e. The van der Waals surface area contributed by atoms with Gasteiger partial charge < -0.3 is 20.0 Å². The molecule has 4 rings (SSSR count). The van der Waals surface area contributed by atoms with E-state index in [9.17, 15) is 18.0 Å². The fourth-order valence-corrected chi connectivity index (χ4v) is 4.86. The number of anilines is 1. The minimum absolute atomic E-state index is 0.163. The molecular weight excluding hydrogens is 476 g/mol. The molecule has 9 heteroatoms. The first-order valence-corrected chi connectivity index (χ1v) is 13.0. The van der Waals surface area contributed by atoms with Gasteiger partial charge in [-0.05, 0) is 41.5 Å². The number of fused-ring (bicyclic) bond motifs is 1. The number of nitrogens with zero attached hydrogens (tertiary/aromatic N) is 2. The van der Waals surface area contributed by atoms with Crippen LogP contribution in [0.15, 0.2) is 84.0 Å². The Balaban J connectivity index is 1.37. The Morgan fingerprint density at radius 1 is 1.11 bits per heavy atom. The highest BCUT2D eigenvalue weighted by Gasteiger charge is 2.14. The van der Waals surface area contributed by atoms with E-state index < -0.39 is 9.84 Å². The number of aldehydes is 1. The number of aromatic amines is 1. The van der Waals surface area contributed by atoms with Crippen molar-refractivity contribution in [3.8, 4) is 0 Å². The second-order valence-electron chi connectivity index (χ2n) is 8.26. The number of rotatable bonds is 10. The zero-order valence-electron chi connectivity index (χ0n) is 19.7. The van der Waals surface area contributed by atoms with E-state index in [-0.39, 0.29) is 29.6 Å². The van der Waals surface area contributed by atoms with Crippen LogP contribution in [0.4, 0.5) is 5.69 Å². The fraction of sp³-hybridized carbons (Fsp3) is 0.148. The summed E-state index contributed by atoms with van der Waals surface area (Å²) in [5.74, 6) is -0.420. The van der Waals surface area contributed by atoms with Crippen molar-refractivity contribution in [3.05, 3.63) is 96.0 Å². The van der Waals surface area contributed by atoms with Crippen LogP contribution in [-0.2, 0) is 21.2 Å². The van der Waals surface area contributed by atoms with Gasteiger partial charge in [-0.15, -0.1) is 0 Å². The van der Waals surface area contributed by atoms with Gasteiger partial charge in [-0.3, -0.25) is 9.78 Å². The molecule has 8 nitrogen and oxygen atoms in total. The van der Waals surface area contributed by atoms with E-state index in [4.69, 9.17) is 0 Å². The minimum atomic E-state index is -3.53. The lowest BCUT2D eigenvalue weighted by molar-refractivity contribution is -0.106. The molecule has 0 radical (unpaired) electrons. The maximum absolute atomic E-state index is 12.8. The van der Waals surface area contributed by atoms with E-state index in [0.29, 0.717) is 5.69 Å². The van der Waals surface area contributed by atoms with Crippen molar-refractivity contribution < 1.29 is 18.0 Å². The van der Waals surface area contributed by atoms with Crippen LogP contribution in [0.25, 0.3) is 17.0 Å². The number of nitrogens with one attached hydrogen (secondary N) is 2. The molecule has 4 aromatic rings. The van der Waals surface area contributed by atoms with Crippen molar-refractivity contribution in [2.24, 2.45) is 0 Å². The molecule has 0 unspecified atom stereocenters. The van der Waals surface area contributed by atoms with Crippen molar-refractivity contribution in [3.63, 3.8) is 0 Å². The van der Waals surface area contributed by atoms with E-state index in [1.54, 1.807) is 72.9 Å². The number of H-pyrrole nitrogens is 1. The summed E-state index contributed by atoms with van der Waals surface area (Å²) in [6.07, 6.45) is 7.51. The predicted molar refractivity (Wildman–Crippen MR) is 141 cm³/mol. The van der Waals surface area contributed by atoms with E-state index >= 15 is 0 Å². The Labute approximate surface area is 209 Å². The topological polar surface area (TPSA) is 112 Å². The first kappa shape index (κ1) is 24.9. The zero-order valence-corrected chi connectivity index (χ0v) is 20.5. The van der Waals surface area contributed by atoms with Gasteiger partial charge in [0.25, 0.3) is 5.91 Å². The van der Waals surface area contributed by atoms with Crippen LogP contribution in [0.2, 0.25) is 0 Å². The molecule has 1 amide bonds. The average molecular weight is 503 g/mol. The molecule has 2 aromatic heterocycles. The average Bonchev–Trinajstić information content (AvgIpc) is 3.32. The molecule has 0 aliphatic carbocycles. The number of likely N-dealkylation sites (N-methyl/N-ethyl adjacent to an activating group) is 1. The van der Waals surface area contributed by atoms with E-state index in [1.807, 2.05) is 24.3 Å². The molecule has 0 saturated carbocycles. The van der Waals surface area contributed by atoms with E-state index in [1.165, 1.54) is 0 Å². The SMILES string of the molecule is CN(CC=O)c1ccccc1C=CCS(=O)(=O)c1ccc(CNC(=O)c2cc3cnccc3[nH]2)cc1. The third kappa shape index (κ3) is 5.87. The number of para-hydroxylation sites is 1. The number of carbonyl (C=O) groups excluding carboxylic acids is 2. The molecule has 184 valence electrons. The molecule has 2 N–H and O–H groups in total. The van der Waals surface area contributed by atoms with Crippen molar-refractivity contribution in [1.82, 2.24) is 15.3 Å². The van der Waals surface area contributed by atoms with Gasteiger partial charge in [0.1, 0.15) is 12.0 Å². The highest BCUT2D eigenvalue weighted by Crippen LogP contribution is 2.21. The molecule has 2 heterocycles. The number of carbonyl (C=O) groups is 2. The lowest BCUT2D eigenvalue weighted by Crippen LogP contribution is -2.23. The molecule has 0 fully saturated rings. The number of amides is 1. The molecular formula is C27H26N4O4S. The van der Waals surface area contributed by atoms with Crippen LogP contribution >= 0.6 is 0 Å². The van der Waals surface area contributed by atoms with Crippen molar-refractivity contribution in [2.45, 2.75) is 11.4 Å². The van der Waals surface area contributed by atoms with Gasteiger partial charge in [0.05, 0.1) is 17.2 Å². The number of hydrogen-bond acceptors (Lipinski definition) is 6. The molecule has 36 heavy (non-hydrogen) atoms. The molecule has 2 aromatic carbocycles. The highest BCUT2D eigenvalue weighted by molar-refractivity contribution is 7.91. The molecule has 0 aliphatic heterocycles. The summed E-state index contributed by atoms with van der Waals surface area (Å²) < 4.78 is 25.6. The zero-order chi connectivity index (χ0) is 25.5. The molecule has 0 saturated heterocycles. The number of hydrogen-bond donors (Lipinski definition) is 2. The van der Waals surface area contributed by atoms with Crippen molar-refractivity contribution in [1.29, 1.82) is 0 Å². The summed E-state index contributed by atoms with van der Waals surface area (Å²) in [5.41, 5.74) is 3.71. The summed E-state index contributed by atoms with van der Waals surface area (Å²) in [6.45, 7) is 0.507. The number of aromatic nitrogens is 2. The number of pyridine rings is 1. The van der Waals surface area contributed by atoms with Crippen LogP contribution in [0, 0.1) is 0 Å². The second kappa shape index (κ2) is 11.0. The maximum Gasteiger partial charge on any atom is 0.267 e. The summed E-state index contributed by atoms with van der Waals surface area (Å²) in [7, 11) is -1.73. The Morgan fingerprint density at radius 3 is 2.64 bits per heavy atom. The van der Waals surface area contributed by atoms with Gasteiger partial charge in [0, 0.05) is 42.6 Å². The van der Waals surface area contributed by atoms with Crippen LogP contribution in [0.5, 0.6) is 0 Å². The van der Waals surface area contributed by atoms with Gasteiger partial charge in [-0.2, -0.15) is 0 Å². The fourth-order valence-electron chi connectivity index (χ4n) is 3.77. The van der Waals surface area contributed by atoms with Gasteiger partial charge in [-0.1, -0.05) is 42.5 Å². The standard InChI is InChI=1S/C27H26N4O4S/c1-31(14-15-32)26-7-3-2-5-21(26)6-4-16-36(34,35)23-10-8-20(9-11-23)18-29-27(33)25-17-22-19-28-13-12-24(22)30-25/h2-13,15,17,19,30H,14,16,18H2,1H3,(H,29,33). The van der Waals surface area contributed by atoms with Crippen molar-refractivity contribution >= 4 is 44.7 Å². The smallest absolute Gasteiger partial charge is 0.267 e. The van der Waals surface area contributed by atoms with E-state index in [2.05, 4.69) is 15.3 Å². The first-order chi connectivity index (χ1) is 17.4. The Hall–Kier alpha value is -4.24. The molecule has 0 aliphatic rings. The Kier molecular flexibility index (Phi) is 7.60. The quantitative estimate of drug-likeness (QED) is 0.321. The van der Waals surface area contributed by atoms with Crippen molar-refractivity contribution in [2.75, 3.05) is 24.2 Å². The molecule has 0 spiro atoms. The number of sulfone groups is 1. The lowest BCUT2D eigenvalue weighted by Gasteiger charge is -2.18. The minimum Gasteiger partial charge on any atom is -0.367 e. The van der Waals surface area contributed by atoms with E-state index in [0.717, 1.165) is 34.0 Å². The second-order valence-corrected chi connectivity index (χ2v) is 10.3. The van der Waals surface area contributed by atoms with Crippen LogP contribution in [-0.4, -0.2) is 49.9 Å². The lowest BCUT2D eigenvalue weighted by atomic mass is 10.1. The summed E-state index contributed by atoms with van der Waals surface area (Å²) in [4.78, 5) is 32.4. The Morgan fingerprint density at radius 2 is 1.89 bits per heavy atom. The highest BCUT2D eigenvalue weighted by atomic mass is 32.2. The summed E-state index contributed by atoms with van der Waals surface area (Å²) >= 11 is 0. The maximum atomic E-state index is 12.8. The summed E-state index contributed by atoms with van der Waals surface area (Å²) in [6, 6.07) is 17.5. The summed E-state index contributed by atoms with van der Waals surface area (Å²) in [5, 5.41) is 3.68. The third-order valence-corrected chi connectivity index (χ3v) is 7.33. The monoisotopic (exact) mass is 502 g/mol. The Bertz CT molecular complexity index is 1480. The van der Waals surface area contributed by atoms with Gasteiger partial charge >= 0.3 is 0 Å². The normalized spacial score (nSPS) is 11.6. The van der Waals surface area contributed by atoms with Crippen LogP contribution in [0.3, 0.4) is 0 Å². The molecule has 0 atom stereocenters. The first-order valence-electron chi connectivity index (χ1n) is 11.3. The van der Waals surface area contributed by atoms with Gasteiger partial charge in [-0.25, -0.2) is 8.42 Å².